The van der Waals surface area contributed by atoms with E-state index in [2.05, 4.69) is 5.32 Å². The van der Waals surface area contributed by atoms with Crippen LogP contribution in [0.3, 0.4) is 0 Å². The van der Waals surface area contributed by atoms with E-state index in [1.165, 1.54) is 0 Å². The summed E-state index contributed by atoms with van der Waals surface area (Å²) in [6, 6.07) is 5.33. The molecule has 2 aliphatic heterocycles. The number of halogens is 1. The average molecular weight is 401 g/mol. The van der Waals surface area contributed by atoms with Crippen LogP contribution in [-0.2, 0) is 16.1 Å². The van der Waals surface area contributed by atoms with E-state index in [1.807, 2.05) is 25.2 Å². The van der Waals surface area contributed by atoms with Gasteiger partial charge in [-0.2, -0.15) is 0 Å². The van der Waals surface area contributed by atoms with Crippen molar-refractivity contribution in [3.63, 3.8) is 0 Å². The molecule has 1 aromatic rings. The minimum atomic E-state index is -0.794. The van der Waals surface area contributed by atoms with Crippen molar-refractivity contribution in [2.24, 2.45) is 0 Å². The molecule has 112 valence electrons. The fourth-order valence-corrected chi connectivity index (χ4v) is 3.50. The average Bonchev–Trinajstić information content (AvgIpc) is 2.81. The van der Waals surface area contributed by atoms with Gasteiger partial charge in [0.25, 0.3) is 5.91 Å². The molecule has 0 saturated carbocycles. The number of benzene rings is 1. The fraction of sp³-hybridized carbons (Fsp3) is 0.429. The van der Waals surface area contributed by atoms with Gasteiger partial charge in [-0.3, -0.25) is 14.5 Å². The monoisotopic (exact) mass is 401 g/mol. The Bertz CT molecular complexity index is 607. The Morgan fingerprint density at radius 1 is 1.38 bits per heavy atom. The highest BCUT2D eigenvalue weighted by molar-refractivity contribution is 14.1. The topological polar surface area (TPSA) is 72.9 Å². The van der Waals surface area contributed by atoms with Gasteiger partial charge in [0.15, 0.2) is 0 Å². The van der Waals surface area contributed by atoms with Crippen LogP contribution in [0.15, 0.2) is 18.2 Å². The number of amides is 2. The lowest BCUT2D eigenvalue weighted by Crippen LogP contribution is -2.50. The standard InChI is InChI=1S/C14H16IN3O3/c1-16-9-2-3-10-8(6-9)7-17(13(10)20)11-4-5-12(19)18(15)14(11)21/h2-3,6,11,13,16,20H,4-5,7H2,1H3. The molecular formula is C14H16IN3O3. The molecule has 0 radical (unpaired) electrons. The molecule has 2 aliphatic rings. The van der Waals surface area contributed by atoms with E-state index in [0.717, 1.165) is 19.9 Å². The summed E-state index contributed by atoms with van der Waals surface area (Å²) in [4.78, 5) is 25.6. The smallest absolute Gasteiger partial charge is 0.255 e. The zero-order chi connectivity index (χ0) is 15.1. The maximum atomic E-state index is 12.3. The number of carbonyl (C=O) groups is 2. The normalized spacial score (nSPS) is 26.1. The second-order valence-electron chi connectivity index (χ2n) is 5.28. The van der Waals surface area contributed by atoms with Crippen LogP contribution in [0, 0.1) is 0 Å². The summed E-state index contributed by atoms with van der Waals surface area (Å²) in [6.07, 6.45) is -0.000218. The van der Waals surface area contributed by atoms with Crippen molar-refractivity contribution in [3.05, 3.63) is 29.3 Å². The Balaban J connectivity index is 1.85. The van der Waals surface area contributed by atoms with E-state index in [9.17, 15) is 14.7 Å². The van der Waals surface area contributed by atoms with Gasteiger partial charge in [0.1, 0.15) is 6.23 Å². The number of imide groups is 1. The van der Waals surface area contributed by atoms with E-state index in [0.29, 0.717) is 19.4 Å². The van der Waals surface area contributed by atoms with Crippen molar-refractivity contribution in [2.75, 3.05) is 12.4 Å². The molecule has 0 aromatic heterocycles. The molecule has 1 fully saturated rings. The summed E-state index contributed by atoms with van der Waals surface area (Å²) >= 11 is 1.74. The number of hydrogen-bond donors (Lipinski definition) is 2. The van der Waals surface area contributed by atoms with Crippen molar-refractivity contribution in [1.29, 1.82) is 0 Å². The van der Waals surface area contributed by atoms with Crippen molar-refractivity contribution in [3.8, 4) is 0 Å². The van der Waals surface area contributed by atoms with Crippen LogP contribution in [0.4, 0.5) is 5.69 Å². The summed E-state index contributed by atoms with van der Waals surface area (Å²) in [5, 5.41) is 13.5. The molecule has 1 aromatic carbocycles. The van der Waals surface area contributed by atoms with Crippen LogP contribution in [0.1, 0.15) is 30.2 Å². The number of aliphatic hydroxyl groups is 1. The predicted octanol–water partition coefficient (Wildman–Crippen LogP) is 1.40. The van der Waals surface area contributed by atoms with Gasteiger partial charge >= 0.3 is 0 Å². The van der Waals surface area contributed by atoms with Crippen LogP contribution >= 0.6 is 22.9 Å². The van der Waals surface area contributed by atoms with E-state index >= 15 is 0 Å². The van der Waals surface area contributed by atoms with Crippen molar-refractivity contribution in [1.82, 2.24) is 8.01 Å². The molecule has 2 heterocycles. The predicted molar refractivity (Wildman–Crippen MR) is 85.4 cm³/mol. The van der Waals surface area contributed by atoms with Crippen molar-refractivity contribution >= 4 is 40.4 Å². The maximum absolute atomic E-state index is 12.3. The summed E-state index contributed by atoms with van der Waals surface area (Å²) in [5.41, 5.74) is 2.82. The number of nitrogens with one attached hydrogen (secondary N) is 1. The van der Waals surface area contributed by atoms with Gasteiger partial charge in [0, 0.05) is 31.3 Å². The largest absolute Gasteiger partial charge is 0.388 e. The van der Waals surface area contributed by atoms with Gasteiger partial charge in [-0.1, -0.05) is 6.07 Å². The Hall–Kier alpha value is -1.19. The molecule has 2 N–H and O–H groups in total. The molecule has 0 bridgehead atoms. The highest BCUT2D eigenvalue weighted by Gasteiger charge is 2.42. The number of anilines is 1. The molecule has 2 atom stereocenters. The Morgan fingerprint density at radius 3 is 2.86 bits per heavy atom. The minimum absolute atomic E-state index is 0.166. The molecule has 21 heavy (non-hydrogen) atoms. The zero-order valence-electron chi connectivity index (χ0n) is 11.5. The molecule has 2 amide bonds. The maximum Gasteiger partial charge on any atom is 0.255 e. The van der Waals surface area contributed by atoms with Gasteiger partial charge in [0.05, 0.1) is 28.9 Å². The zero-order valence-corrected chi connectivity index (χ0v) is 13.7. The quantitative estimate of drug-likeness (QED) is 0.446. The van der Waals surface area contributed by atoms with Crippen LogP contribution in [0.5, 0.6) is 0 Å². The first kappa shape index (κ1) is 14.7. The number of fused-ring (bicyclic) bond motifs is 1. The van der Waals surface area contributed by atoms with Gasteiger partial charge in [-0.05, 0) is 24.1 Å². The Labute approximate surface area is 136 Å². The van der Waals surface area contributed by atoms with E-state index in [1.54, 1.807) is 27.8 Å². The van der Waals surface area contributed by atoms with Crippen molar-refractivity contribution in [2.45, 2.75) is 31.7 Å². The van der Waals surface area contributed by atoms with Crippen LogP contribution in [0.25, 0.3) is 0 Å². The second-order valence-corrected chi connectivity index (χ2v) is 6.24. The van der Waals surface area contributed by atoms with Crippen molar-refractivity contribution < 1.29 is 14.7 Å². The molecule has 7 heteroatoms. The number of hydrogen-bond acceptors (Lipinski definition) is 5. The lowest BCUT2D eigenvalue weighted by atomic mass is 10.0. The Morgan fingerprint density at radius 2 is 2.14 bits per heavy atom. The fourth-order valence-electron chi connectivity index (χ4n) is 2.94. The van der Waals surface area contributed by atoms with Crippen LogP contribution in [0.2, 0.25) is 0 Å². The number of carbonyl (C=O) groups excluding carboxylic acids is 2. The molecule has 0 spiro atoms. The highest BCUT2D eigenvalue weighted by atomic mass is 127. The van der Waals surface area contributed by atoms with E-state index in [-0.39, 0.29) is 11.8 Å². The van der Waals surface area contributed by atoms with Crippen LogP contribution < -0.4 is 5.32 Å². The van der Waals surface area contributed by atoms with Gasteiger partial charge in [-0.25, -0.2) is 3.11 Å². The first-order valence-corrected chi connectivity index (χ1v) is 7.76. The molecule has 2 unspecified atom stereocenters. The first-order valence-electron chi connectivity index (χ1n) is 6.80. The third kappa shape index (κ3) is 2.43. The van der Waals surface area contributed by atoms with Gasteiger partial charge in [-0.15, -0.1) is 0 Å². The number of rotatable bonds is 2. The summed E-state index contributed by atoms with van der Waals surface area (Å²) in [6.45, 7) is 0.515. The molecular weight excluding hydrogens is 385 g/mol. The van der Waals surface area contributed by atoms with Gasteiger partial charge in [0.2, 0.25) is 5.91 Å². The van der Waals surface area contributed by atoms with E-state index in [4.69, 9.17) is 0 Å². The highest BCUT2D eigenvalue weighted by Crippen LogP contribution is 2.37. The molecule has 0 aliphatic carbocycles. The summed E-state index contributed by atoms with van der Waals surface area (Å²) in [5.74, 6) is -0.409. The Kier molecular flexibility index (Phi) is 3.89. The third-order valence-corrected chi connectivity index (χ3v) is 5.12. The molecule has 3 rings (SSSR count). The molecule has 1 saturated heterocycles. The second kappa shape index (κ2) is 5.54. The first-order chi connectivity index (χ1) is 10.0. The van der Waals surface area contributed by atoms with Crippen LogP contribution in [-0.4, -0.2) is 38.0 Å². The number of piperidine rings is 1. The summed E-state index contributed by atoms with van der Waals surface area (Å²) in [7, 11) is 1.84. The molecule has 6 nitrogen and oxygen atoms in total. The SMILES string of the molecule is CNc1ccc2c(c1)CN(C1CCC(=O)N(I)C1=O)C2O. The number of aliphatic hydroxyl groups excluding tert-OH is 1. The minimum Gasteiger partial charge on any atom is -0.388 e. The van der Waals surface area contributed by atoms with E-state index < -0.39 is 12.3 Å². The lowest BCUT2D eigenvalue weighted by molar-refractivity contribution is -0.148. The third-order valence-electron chi connectivity index (χ3n) is 4.11. The number of nitrogens with zero attached hydrogens (tertiary/aromatic N) is 2. The summed E-state index contributed by atoms with van der Waals surface area (Å²) < 4.78 is 1.14. The lowest BCUT2D eigenvalue weighted by Gasteiger charge is -2.34. The van der Waals surface area contributed by atoms with Gasteiger partial charge < -0.3 is 10.4 Å².